The van der Waals surface area contributed by atoms with Gasteiger partial charge in [0.25, 0.3) is 5.56 Å². The number of aromatic amines is 2. The third-order valence-electron chi connectivity index (χ3n) is 1.97. The van der Waals surface area contributed by atoms with Crippen molar-refractivity contribution >= 4 is 0 Å². The summed E-state index contributed by atoms with van der Waals surface area (Å²) in [5.41, 5.74) is -0.125. The Hall–Kier alpha value is -1.78. The molecule has 0 aliphatic carbocycles. The van der Waals surface area contributed by atoms with Crippen LogP contribution >= 0.6 is 0 Å². The van der Waals surface area contributed by atoms with Crippen molar-refractivity contribution in [2.75, 3.05) is 0 Å². The van der Waals surface area contributed by atoms with Crippen LogP contribution in [0.15, 0.2) is 21.2 Å². The summed E-state index contributed by atoms with van der Waals surface area (Å²) in [5, 5.41) is 9.31. The Bertz CT molecular complexity index is 468. The van der Waals surface area contributed by atoms with E-state index >= 15 is 0 Å². The summed E-state index contributed by atoms with van der Waals surface area (Å²) in [6.07, 6.45) is 2.17. The van der Waals surface area contributed by atoms with Crippen molar-refractivity contribution in [3.63, 3.8) is 0 Å². The number of H-pyrrole nitrogens is 2. The zero-order chi connectivity index (χ0) is 10.7. The molecule has 0 unspecified atom stereocenters. The monoisotopic (exact) mass is 196 g/mol. The first-order valence-electron chi connectivity index (χ1n) is 4.20. The average Bonchev–Trinajstić information content (AvgIpc) is 2.10. The van der Waals surface area contributed by atoms with Gasteiger partial charge in [-0.25, -0.2) is 4.79 Å². The molecule has 1 heterocycles. The fourth-order valence-electron chi connectivity index (χ4n) is 1.05. The second-order valence-electron chi connectivity index (χ2n) is 3.05. The molecule has 14 heavy (non-hydrogen) atoms. The number of nitrogens with one attached hydrogen (secondary N) is 2. The minimum Gasteiger partial charge on any atom is -0.494 e. The standard InChI is InChI=1S/C9H12N2O3/c1-3-5(2)4-6-7(12)10-9(14)11-8(6)13/h3H,4H2,1-2H3,(H3,10,11,12,13,14). The summed E-state index contributed by atoms with van der Waals surface area (Å²) in [6.45, 7) is 3.68. The Balaban J connectivity index is 3.22. The molecule has 1 aromatic rings. The molecule has 5 nitrogen and oxygen atoms in total. The SMILES string of the molecule is CC=C(C)Cc1c(O)[nH]c(=O)[nH]c1=O. The van der Waals surface area contributed by atoms with E-state index in [0.29, 0.717) is 6.42 Å². The van der Waals surface area contributed by atoms with Crippen molar-refractivity contribution in [3.8, 4) is 5.88 Å². The molecule has 1 rings (SSSR count). The minimum absolute atomic E-state index is 0.181. The summed E-state index contributed by atoms with van der Waals surface area (Å²) in [4.78, 5) is 26.2. The molecule has 0 aliphatic heterocycles. The number of hydrogen-bond acceptors (Lipinski definition) is 3. The first kappa shape index (κ1) is 10.3. The van der Waals surface area contributed by atoms with E-state index in [2.05, 4.69) is 9.97 Å². The molecule has 0 bridgehead atoms. The highest BCUT2D eigenvalue weighted by atomic mass is 16.3. The lowest BCUT2D eigenvalue weighted by Gasteiger charge is -2.01. The molecule has 5 heteroatoms. The van der Waals surface area contributed by atoms with Crippen LogP contribution in [0.3, 0.4) is 0 Å². The van der Waals surface area contributed by atoms with Gasteiger partial charge in [0.1, 0.15) is 0 Å². The number of hydrogen-bond donors (Lipinski definition) is 3. The highest BCUT2D eigenvalue weighted by Gasteiger charge is 2.07. The molecule has 0 saturated heterocycles. The summed E-state index contributed by atoms with van der Waals surface area (Å²) >= 11 is 0. The Kier molecular flexibility index (Phi) is 2.91. The maximum absolute atomic E-state index is 11.2. The highest BCUT2D eigenvalue weighted by molar-refractivity contribution is 5.25. The molecular weight excluding hydrogens is 184 g/mol. The van der Waals surface area contributed by atoms with Crippen LogP contribution in [0.25, 0.3) is 0 Å². The first-order chi connectivity index (χ1) is 6.54. The van der Waals surface area contributed by atoms with Gasteiger partial charge in [-0.15, -0.1) is 0 Å². The topological polar surface area (TPSA) is 85.9 Å². The van der Waals surface area contributed by atoms with Gasteiger partial charge in [-0.3, -0.25) is 14.8 Å². The molecule has 0 fully saturated rings. The summed E-state index contributed by atoms with van der Waals surface area (Å²) < 4.78 is 0. The van der Waals surface area contributed by atoms with Gasteiger partial charge in [-0.05, 0) is 13.8 Å². The smallest absolute Gasteiger partial charge is 0.328 e. The van der Waals surface area contributed by atoms with Crippen LogP contribution in [0.5, 0.6) is 5.88 Å². The van der Waals surface area contributed by atoms with Crippen LogP contribution in [0.4, 0.5) is 0 Å². The third kappa shape index (κ3) is 2.12. The Morgan fingerprint density at radius 3 is 2.57 bits per heavy atom. The van der Waals surface area contributed by atoms with Gasteiger partial charge >= 0.3 is 5.69 Å². The quantitative estimate of drug-likeness (QED) is 0.594. The second-order valence-corrected chi connectivity index (χ2v) is 3.05. The van der Waals surface area contributed by atoms with Crippen molar-refractivity contribution in [2.45, 2.75) is 20.3 Å². The normalized spacial score (nSPS) is 11.7. The van der Waals surface area contributed by atoms with Crippen LogP contribution < -0.4 is 11.2 Å². The van der Waals surface area contributed by atoms with E-state index in [4.69, 9.17) is 0 Å². The van der Waals surface area contributed by atoms with Crippen molar-refractivity contribution in [1.29, 1.82) is 0 Å². The molecular formula is C9H12N2O3. The van der Waals surface area contributed by atoms with Gasteiger partial charge < -0.3 is 5.11 Å². The number of rotatable bonds is 2. The Labute approximate surface area is 80.1 Å². The predicted molar refractivity (Wildman–Crippen MR) is 52.5 cm³/mol. The number of aromatic hydroxyl groups is 1. The van der Waals surface area contributed by atoms with Gasteiger partial charge in [0.2, 0.25) is 5.88 Å². The molecule has 0 saturated carbocycles. The molecule has 3 N–H and O–H groups in total. The Morgan fingerprint density at radius 2 is 2.07 bits per heavy atom. The van der Waals surface area contributed by atoms with E-state index in [1.807, 2.05) is 19.9 Å². The lowest BCUT2D eigenvalue weighted by Crippen LogP contribution is -2.25. The molecule has 1 aromatic heterocycles. The van der Waals surface area contributed by atoms with Crippen LogP contribution in [0.2, 0.25) is 0 Å². The minimum atomic E-state index is -0.700. The molecule has 76 valence electrons. The van der Waals surface area contributed by atoms with E-state index in [9.17, 15) is 14.7 Å². The third-order valence-corrected chi connectivity index (χ3v) is 1.97. The van der Waals surface area contributed by atoms with Crippen LogP contribution in [-0.2, 0) is 6.42 Å². The van der Waals surface area contributed by atoms with Crippen molar-refractivity contribution in [1.82, 2.24) is 9.97 Å². The van der Waals surface area contributed by atoms with Gasteiger partial charge in [0.05, 0.1) is 5.56 Å². The van der Waals surface area contributed by atoms with Gasteiger partial charge in [0, 0.05) is 6.42 Å². The maximum Gasteiger partial charge on any atom is 0.328 e. The molecule has 0 aromatic carbocycles. The van der Waals surface area contributed by atoms with Crippen LogP contribution in [-0.4, -0.2) is 15.1 Å². The first-order valence-corrected chi connectivity index (χ1v) is 4.20. The maximum atomic E-state index is 11.2. The molecule has 0 radical (unpaired) electrons. The average molecular weight is 196 g/mol. The van der Waals surface area contributed by atoms with Crippen molar-refractivity contribution < 1.29 is 5.11 Å². The van der Waals surface area contributed by atoms with Crippen molar-refractivity contribution in [3.05, 3.63) is 38.1 Å². The molecule has 0 aliphatic rings. The van der Waals surface area contributed by atoms with E-state index in [1.165, 1.54) is 0 Å². The molecule has 0 spiro atoms. The molecule has 0 atom stereocenters. The highest BCUT2D eigenvalue weighted by Crippen LogP contribution is 2.10. The zero-order valence-electron chi connectivity index (χ0n) is 8.05. The zero-order valence-corrected chi connectivity index (χ0v) is 8.05. The van der Waals surface area contributed by atoms with E-state index < -0.39 is 11.2 Å². The lowest BCUT2D eigenvalue weighted by molar-refractivity contribution is 0.441. The fourth-order valence-corrected chi connectivity index (χ4v) is 1.05. The summed E-state index contributed by atoms with van der Waals surface area (Å²) in [5.74, 6) is -0.361. The largest absolute Gasteiger partial charge is 0.494 e. The van der Waals surface area contributed by atoms with Crippen LogP contribution in [0.1, 0.15) is 19.4 Å². The van der Waals surface area contributed by atoms with Gasteiger partial charge in [-0.1, -0.05) is 11.6 Å². The summed E-state index contributed by atoms with van der Waals surface area (Å²) in [6, 6.07) is 0. The van der Waals surface area contributed by atoms with E-state index in [1.54, 1.807) is 0 Å². The van der Waals surface area contributed by atoms with E-state index in [-0.39, 0.29) is 11.4 Å². The van der Waals surface area contributed by atoms with Gasteiger partial charge in [0.15, 0.2) is 0 Å². The van der Waals surface area contributed by atoms with Crippen LogP contribution in [0, 0.1) is 0 Å². The van der Waals surface area contributed by atoms with Gasteiger partial charge in [-0.2, -0.15) is 0 Å². The summed E-state index contributed by atoms with van der Waals surface area (Å²) in [7, 11) is 0. The number of allylic oxidation sites excluding steroid dienone is 2. The Morgan fingerprint density at radius 1 is 1.43 bits per heavy atom. The number of aromatic nitrogens is 2. The predicted octanol–water partition coefficient (Wildman–Crippen LogP) is 0.278. The lowest BCUT2D eigenvalue weighted by atomic mass is 10.1. The molecule has 0 amide bonds. The van der Waals surface area contributed by atoms with Crippen molar-refractivity contribution in [2.24, 2.45) is 0 Å². The fraction of sp³-hybridized carbons (Fsp3) is 0.333. The van der Waals surface area contributed by atoms with E-state index in [0.717, 1.165) is 5.57 Å². The second kappa shape index (κ2) is 3.95.